The summed E-state index contributed by atoms with van der Waals surface area (Å²) >= 11 is 6.04. The van der Waals surface area contributed by atoms with E-state index in [1.165, 1.54) is 4.90 Å². The van der Waals surface area contributed by atoms with E-state index in [4.69, 9.17) is 16.3 Å². The third-order valence-electron chi connectivity index (χ3n) is 5.09. The van der Waals surface area contributed by atoms with Gasteiger partial charge in [-0.05, 0) is 50.3 Å². The molecule has 0 bridgehead atoms. The van der Waals surface area contributed by atoms with Crippen molar-refractivity contribution in [2.75, 3.05) is 33.8 Å². The number of halogens is 1. The monoisotopic (exact) mass is 442 g/mol. The van der Waals surface area contributed by atoms with Gasteiger partial charge in [-0.15, -0.1) is 0 Å². The summed E-state index contributed by atoms with van der Waals surface area (Å²) in [6, 6.07) is 13.2. The highest BCUT2D eigenvalue weighted by molar-refractivity contribution is 6.46. The number of nitrogens with zero attached hydrogens (tertiary/aromatic N) is 2. The molecule has 7 heteroatoms. The van der Waals surface area contributed by atoms with Crippen molar-refractivity contribution in [3.8, 4) is 5.75 Å². The zero-order valence-corrected chi connectivity index (χ0v) is 18.7. The van der Waals surface area contributed by atoms with Gasteiger partial charge in [0.1, 0.15) is 11.5 Å². The molecule has 1 N–H and O–H groups in total. The minimum absolute atomic E-state index is 0.0683. The van der Waals surface area contributed by atoms with Crippen LogP contribution in [0.5, 0.6) is 5.75 Å². The molecule has 164 valence electrons. The maximum absolute atomic E-state index is 13.0. The molecule has 0 aromatic heterocycles. The van der Waals surface area contributed by atoms with Crippen molar-refractivity contribution in [1.82, 2.24) is 9.80 Å². The Bertz CT molecular complexity index is 985. The third-order valence-corrected chi connectivity index (χ3v) is 5.35. The van der Waals surface area contributed by atoms with Crippen molar-refractivity contribution in [3.63, 3.8) is 0 Å². The summed E-state index contributed by atoms with van der Waals surface area (Å²) in [5.74, 6) is -0.943. The van der Waals surface area contributed by atoms with Crippen LogP contribution in [0.25, 0.3) is 5.76 Å². The van der Waals surface area contributed by atoms with E-state index in [2.05, 4.69) is 0 Å². The first-order valence-electron chi connectivity index (χ1n) is 10.2. The summed E-state index contributed by atoms with van der Waals surface area (Å²) < 4.78 is 5.65. The number of carbonyl (C=O) groups excluding carboxylic acids is 2. The van der Waals surface area contributed by atoms with Gasteiger partial charge in [-0.1, -0.05) is 42.8 Å². The van der Waals surface area contributed by atoms with Crippen LogP contribution in [0.4, 0.5) is 0 Å². The number of amides is 1. The molecule has 0 aliphatic carbocycles. The highest BCUT2D eigenvalue weighted by atomic mass is 35.5. The van der Waals surface area contributed by atoms with Gasteiger partial charge in [0.25, 0.3) is 11.7 Å². The predicted octanol–water partition coefficient (Wildman–Crippen LogP) is 4.11. The van der Waals surface area contributed by atoms with Crippen LogP contribution in [0.1, 0.15) is 30.5 Å². The van der Waals surface area contributed by atoms with Gasteiger partial charge in [-0.25, -0.2) is 0 Å². The quantitative estimate of drug-likeness (QED) is 0.378. The minimum atomic E-state index is -0.698. The minimum Gasteiger partial charge on any atom is -0.507 e. The molecule has 2 aromatic carbocycles. The standard InChI is InChI=1S/C24H27ClN2O4/c1-4-14-31-19-7-5-6-17(15-19)22(28)20-21(16-8-10-18(25)11-9-16)27(13-12-26(2)3)24(30)23(20)29/h5-11,15,21,28H,4,12-14H2,1-3H3/b22-20+. The smallest absolute Gasteiger partial charge is 0.295 e. The molecule has 0 saturated carbocycles. The molecule has 31 heavy (non-hydrogen) atoms. The van der Waals surface area contributed by atoms with Gasteiger partial charge in [0.2, 0.25) is 0 Å². The van der Waals surface area contributed by atoms with Gasteiger partial charge in [0, 0.05) is 23.7 Å². The normalized spacial score (nSPS) is 18.1. The lowest BCUT2D eigenvalue weighted by atomic mass is 9.95. The topological polar surface area (TPSA) is 70.1 Å². The van der Waals surface area contributed by atoms with Crippen LogP contribution in [-0.4, -0.2) is 60.4 Å². The molecule has 0 radical (unpaired) electrons. The van der Waals surface area contributed by atoms with E-state index in [9.17, 15) is 14.7 Å². The molecular formula is C24H27ClN2O4. The molecule has 3 rings (SSSR count). The lowest BCUT2D eigenvalue weighted by molar-refractivity contribution is -0.140. The van der Waals surface area contributed by atoms with Crippen molar-refractivity contribution in [1.29, 1.82) is 0 Å². The summed E-state index contributed by atoms with van der Waals surface area (Å²) in [7, 11) is 3.80. The molecule has 1 heterocycles. The van der Waals surface area contributed by atoms with Gasteiger partial charge in [0.15, 0.2) is 0 Å². The Morgan fingerprint density at radius 2 is 1.87 bits per heavy atom. The van der Waals surface area contributed by atoms with Crippen molar-refractivity contribution < 1.29 is 19.4 Å². The second-order valence-electron chi connectivity index (χ2n) is 7.72. The van der Waals surface area contributed by atoms with Gasteiger partial charge < -0.3 is 19.6 Å². The van der Waals surface area contributed by atoms with E-state index in [0.29, 0.717) is 41.6 Å². The summed E-state index contributed by atoms with van der Waals surface area (Å²) in [6.45, 7) is 3.48. The van der Waals surface area contributed by atoms with Crippen LogP contribution < -0.4 is 4.74 Å². The van der Waals surface area contributed by atoms with Crippen LogP contribution in [-0.2, 0) is 9.59 Å². The fraction of sp³-hybridized carbons (Fsp3) is 0.333. The maximum atomic E-state index is 13.0. The number of ether oxygens (including phenoxy) is 1. The highest BCUT2D eigenvalue weighted by Crippen LogP contribution is 2.39. The van der Waals surface area contributed by atoms with E-state index in [1.807, 2.05) is 25.9 Å². The Hall–Kier alpha value is -2.83. The van der Waals surface area contributed by atoms with Gasteiger partial charge in [0.05, 0.1) is 18.2 Å². The average molecular weight is 443 g/mol. The Morgan fingerprint density at radius 1 is 1.16 bits per heavy atom. The number of rotatable bonds is 8. The number of aliphatic hydroxyl groups is 1. The second kappa shape index (κ2) is 9.98. The number of likely N-dealkylation sites (tertiary alicyclic amines) is 1. The van der Waals surface area contributed by atoms with Crippen molar-refractivity contribution >= 4 is 29.1 Å². The number of hydrogen-bond acceptors (Lipinski definition) is 5. The van der Waals surface area contributed by atoms with Crippen LogP contribution in [0.2, 0.25) is 5.02 Å². The zero-order chi connectivity index (χ0) is 22.5. The van der Waals surface area contributed by atoms with Crippen LogP contribution in [0.3, 0.4) is 0 Å². The number of ketones is 1. The first-order chi connectivity index (χ1) is 14.8. The first-order valence-corrected chi connectivity index (χ1v) is 10.6. The SMILES string of the molecule is CCCOc1cccc(/C(O)=C2\C(=O)C(=O)N(CCN(C)C)C2c2ccc(Cl)cc2)c1. The lowest BCUT2D eigenvalue weighted by Crippen LogP contribution is -2.35. The summed E-state index contributed by atoms with van der Waals surface area (Å²) in [5, 5.41) is 11.7. The predicted molar refractivity (Wildman–Crippen MR) is 121 cm³/mol. The van der Waals surface area contributed by atoms with Gasteiger partial charge in [-0.3, -0.25) is 9.59 Å². The van der Waals surface area contributed by atoms with E-state index in [-0.39, 0.29) is 11.3 Å². The molecule has 1 atom stereocenters. The molecule has 1 unspecified atom stereocenters. The Labute approximate surface area is 187 Å². The number of likely N-dealkylation sites (N-methyl/N-ethyl adjacent to an activating group) is 1. The fourth-order valence-corrected chi connectivity index (χ4v) is 3.64. The van der Waals surface area contributed by atoms with Crippen LogP contribution >= 0.6 is 11.6 Å². The van der Waals surface area contributed by atoms with Crippen LogP contribution in [0, 0.1) is 0 Å². The van der Waals surface area contributed by atoms with Crippen molar-refractivity contribution in [3.05, 3.63) is 70.3 Å². The van der Waals surface area contributed by atoms with E-state index in [1.54, 1.807) is 48.5 Å². The number of Topliss-reactive ketones (excluding diaryl/α,β-unsaturated/α-hetero) is 1. The summed E-state index contributed by atoms with van der Waals surface area (Å²) in [4.78, 5) is 29.3. The molecule has 1 aliphatic heterocycles. The Kier molecular flexibility index (Phi) is 7.36. The van der Waals surface area contributed by atoms with Crippen LogP contribution in [0.15, 0.2) is 54.1 Å². The third kappa shape index (κ3) is 5.09. The molecular weight excluding hydrogens is 416 g/mol. The molecule has 2 aromatic rings. The second-order valence-corrected chi connectivity index (χ2v) is 8.16. The summed E-state index contributed by atoms with van der Waals surface area (Å²) in [6.07, 6.45) is 0.851. The van der Waals surface area contributed by atoms with E-state index >= 15 is 0 Å². The summed E-state index contributed by atoms with van der Waals surface area (Å²) in [5.41, 5.74) is 1.21. The Morgan fingerprint density at radius 3 is 2.52 bits per heavy atom. The van der Waals surface area contributed by atoms with E-state index in [0.717, 1.165) is 6.42 Å². The number of carbonyl (C=O) groups is 2. The van der Waals surface area contributed by atoms with Gasteiger partial charge in [-0.2, -0.15) is 0 Å². The molecule has 6 nitrogen and oxygen atoms in total. The number of hydrogen-bond donors (Lipinski definition) is 1. The van der Waals surface area contributed by atoms with Crippen molar-refractivity contribution in [2.24, 2.45) is 0 Å². The number of aliphatic hydroxyl groups excluding tert-OH is 1. The number of benzene rings is 2. The highest BCUT2D eigenvalue weighted by Gasteiger charge is 2.45. The first kappa shape index (κ1) is 22.8. The van der Waals surface area contributed by atoms with Gasteiger partial charge >= 0.3 is 0 Å². The lowest BCUT2D eigenvalue weighted by Gasteiger charge is -2.26. The maximum Gasteiger partial charge on any atom is 0.295 e. The molecule has 0 spiro atoms. The van der Waals surface area contributed by atoms with Crippen molar-refractivity contribution in [2.45, 2.75) is 19.4 Å². The average Bonchev–Trinajstić information content (AvgIpc) is 3.01. The Balaban J connectivity index is 2.09. The molecule has 1 amide bonds. The molecule has 1 aliphatic rings. The zero-order valence-electron chi connectivity index (χ0n) is 18.0. The van der Waals surface area contributed by atoms with E-state index < -0.39 is 17.7 Å². The molecule has 1 saturated heterocycles. The fourth-order valence-electron chi connectivity index (χ4n) is 3.52. The largest absolute Gasteiger partial charge is 0.507 e. The molecule has 1 fully saturated rings.